The van der Waals surface area contributed by atoms with Crippen LogP contribution in [-0.4, -0.2) is 11.1 Å². The molecule has 1 unspecified atom stereocenters. The first-order valence-corrected chi connectivity index (χ1v) is 5.80. The van der Waals surface area contributed by atoms with Crippen molar-refractivity contribution in [1.82, 2.24) is 0 Å². The fraction of sp³-hybridized carbons (Fsp3) is 0.250. The van der Waals surface area contributed by atoms with Gasteiger partial charge in [-0.2, -0.15) is 0 Å². The maximum Gasteiger partial charge on any atom is 0.325 e. The van der Waals surface area contributed by atoms with Crippen LogP contribution in [0.3, 0.4) is 0 Å². The van der Waals surface area contributed by atoms with Crippen molar-refractivity contribution >= 4 is 27.4 Å². The topological polar surface area (TPSA) is 63.3 Å². The Labute approximate surface area is 97.5 Å². The molecule has 16 heavy (non-hydrogen) atoms. The summed E-state index contributed by atoms with van der Waals surface area (Å²) < 4.78 is 1.10. The Bertz CT molecular complexity index is 559. The average molecular weight is 235 g/mol. The van der Waals surface area contributed by atoms with Crippen molar-refractivity contribution in [2.45, 2.75) is 19.9 Å². The number of aliphatic carboxylic acids is 1. The number of aryl methyl sites for hydroxylation is 2. The van der Waals surface area contributed by atoms with Crippen LogP contribution < -0.4 is 5.73 Å². The molecule has 2 rings (SSSR count). The zero-order valence-corrected chi connectivity index (χ0v) is 9.97. The predicted molar refractivity (Wildman–Crippen MR) is 65.9 cm³/mol. The van der Waals surface area contributed by atoms with E-state index in [0.29, 0.717) is 0 Å². The minimum Gasteiger partial charge on any atom is -0.480 e. The number of carbonyl (C=O) groups is 1. The van der Waals surface area contributed by atoms with Crippen molar-refractivity contribution < 1.29 is 9.90 Å². The Balaban J connectivity index is 2.69. The van der Waals surface area contributed by atoms with E-state index in [0.717, 1.165) is 20.5 Å². The third-order valence-electron chi connectivity index (χ3n) is 2.65. The Hall–Kier alpha value is -1.39. The van der Waals surface area contributed by atoms with Gasteiger partial charge >= 0.3 is 5.97 Å². The summed E-state index contributed by atoms with van der Waals surface area (Å²) in [7, 11) is 0. The van der Waals surface area contributed by atoms with E-state index in [-0.39, 0.29) is 0 Å². The number of benzene rings is 1. The lowest BCUT2D eigenvalue weighted by molar-refractivity contribution is -0.138. The van der Waals surface area contributed by atoms with Crippen LogP contribution in [0.4, 0.5) is 0 Å². The molecule has 0 aliphatic carbocycles. The summed E-state index contributed by atoms with van der Waals surface area (Å²) in [6, 6.07) is 5.06. The Morgan fingerprint density at radius 2 is 2.12 bits per heavy atom. The standard InChI is InChI=1S/C12H13NO2S/c1-6-3-4-8-9(5-6)16-7(2)10(8)11(13)12(14)15/h3-5,11H,13H2,1-2H3,(H,14,15). The van der Waals surface area contributed by atoms with E-state index < -0.39 is 12.0 Å². The summed E-state index contributed by atoms with van der Waals surface area (Å²) in [5, 5.41) is 9.93. The SMILES string of the molecule is Cc1ccc2c(C(N)C(=O)O)c(C)sc2c1. The number of rotatable bonds is 2. The van der Waals surface area contributed by atoms with Gasteiger partial charge in [0.2, 0.25) is 0 Å². The maximum atomic E-state index is 10.9. The highest BCUT2D eigenvalue weighted by molar-refractivity contribution is 7.19. The van der Waals surface area contributed by atoms with Gasteiger partial charge in [-0.3, -0.25) is 4.79 Å². The van der Waals surface area contributed by atoms with Crippen molar-refractivity contribution in [3.63, 3.8) is 0 Å². The summed E-state index contributed by atoms with van der Waals surface area (Å²) in [6.07, 6.45) is 0. The molecule has 0 saturated carbocycles. The molecule has 0 amide bonds. The lowest BCUT2D eigenvalue weighted by Crippen LogP contribution is -2.20. The second-order valence-electron chi connectivity index (χ2n) is 3.89. The summed E-state index contributed by atoms with van der Waals surface area (Å²) in [5.74, 6) is -0.983. The molecule has 1 aromatic heterocycles. The van der Waals surface area contributed by atoms with Crippen LogP contribution in [0.15, 0.2) is 18.2 Å². The molecular formula is C12H13NO2S. The van der Waals surface area contributed by atoms with E-state index in [1.165, 1.54) is 5.56 Å². The molecule has 0 aliphatic heterocycles. The van der Waals surface area contributed by atoms with Crippen LogP contribution in [0.2, 0.25) is 0 Å². The lowest BCUT2D eigenvalue weighted by atomic mass is 10.0. The minimum atomic E-state index is -0.983. The first-order valence-electron chi connectivity index (χ1n) is 4.98. The number of thiophene rings is 1. The number of carboxylic acid groups (broad SMARTS) is 1. The van der Waals surface area contributed by atoms with Gasteiger partial charge < -0.3 is 10.8 Å². The van der Waals surface area contributed by atoms with E-state index in [2.05, 4.69) is 6.07 Å². The molecule has 0 fully saturated rings. The molecule has 0 radical (unpaired) electrons. The molecule has 0 saturated heterocycles. The van der Waals surface area contributed by atoms with Gasteiger partial charge in [-0.25, -0.2) is 0 Å². The van der Waals surface area contributed by atoms with Crippen LogP contribution >= 0.6 is 11.3 Å². The third-order valence-corrected chi connectivity index (χ3v) is 3.73. The van der Waals surface area contributed by atoms with Gasteiger partial charge in [0.1, 0.15) is 6.04 Å². The summed E-state index contributed by atoms with van der Waals surface area (Å²) in [5.41, 5.74) is 7.61. The molecule has 3 N–H and O–H groups in total. The minimum absolute atomic E-state index is 0.743. The molecule has 0 aliphatic rings. The van der Waals surface area contributed by atoms with Crippen LogP contribution in [-0.2, 0) is 4.79 Å². The third kappa shape index (κ3) is 1.70. The molecular weight excluding hydrogens is 222 g/mol. The molecule has 4 heteroatoms. The highest BCUT2D eigenvalue weighted by Crippen LogP contribution is 2.34. The normalized spacial score (nSPS) is 12.9. The van der Waals surface area contributed by atoms with Crippen molar-refractivity contribution in [3.05, 3.63) is 34.2 Å². The molecule has 1 atom stereocenters. The lowest BCUT2D eigenvalue weighted by Gasteiger charge is -2.06. The highest BCUT2D eigenvalue weighted by Gasteiger charge is 2.21. The number of fused-ring (bicyclic) bond motifs is 1. The molecule has 1 aromatic carbocycles. The van der Waals surface area contributed by atoms with Crippen LogP contribution in [0.25, 0.3) is 10.1 Å². The first-order chi connectivity index (χ1) is 7.50. The van der Waals surface area contributed by atoms with Gasteiger partial charge in [0.05, 0.1) is 0 Å². The first kappa shape index (κ1) is 11.1. The maximum absolute atomic E-state index is 10.9. The monoisotopic (exact) mass is 235 g/mol. The molecule has 2 aromatic rings. The van der Waals surface area contributed by atoms with Crippen LogP contribution in [0.1, 0.15) is 22.0 Å². The van der Waals surface area contributed by atoms with Gasteiger partial charge in [-0.15, -0.1) is 11.3 Å². The smallest absolute Gasteiger partial charge is 0.325 e. The zero-order valence-electron chi connectivity index (χ0n) is 9.15. The van der Waals surface area contributed by atoms with E-state index >= 15 is 0 Å². The molecule has 3 nitrogen and oxygen atoms in total. The van der Waals surface area contributed by atoms with E-state index in [4.69, 9.17) is 10.8 Å². The summed E-state index contributed by atoms with van der Waals surface area (Å²) in [6.45, 7) is 3.93. The van der Waals surface area contributed by atoms with Crippen molar-refractivity contribution in [2.75, 3.05) is 0 Å². The Morgan fingerprint density at radius 3 is 2.75 bits per heavy atom. The van der Waals surface area contributed by atoms with Gasteiger partial charge in [-0.1, -0.05) is 12.1 Å². The molecule has 0 spiro atoms. The highest BCUT2D eigenvalue weighted by atomic mass is 32.1. The zero-order chi connectivity index (χ0) is 11.9. The predicted octanol–water partition coefficient (Wildman–Crippen LogP) is 2.60. The molecule has 1 heterocycles. The molecule has 0 bridgehead atoms. The van der Waals surface area contributed by atoms with Gasteiger partial charge in [0, 0.05) is 15.1 Å². The van der Waals surface area contributed by atoms with Gasteiger partial charge in [0.15, 0.2) is 0 Å². The van der Waals surface area contributed by atoms with E-state index in [1.807, 2.05) is 26.0 Å². The second-order valence-corrected chi connectivity index (χ2v) is 5.14. The Kier molecular flexibility index (Phi) is 2.69. The fourth-order valence-electron chi connectivity index (χ4n) is 1.86. The Morgan fingerprint density at radius 1 is 1.44 bits per heavy atom. The van der Waals surface area contributed by atoms with Crippen molar-refractivity contribution in [1.29, 1.82) is 0 Å². The van der Waals surface area contributed by atoms with Crippen LogP contribution in [0, 0.1) is 13.8 Å². The van der Waals surface area contributed by atoms with E-state index in [1.54, 1.807) is 11.3 Å². The van der Waals surface area contributed by atoms with E-state index in [9.17, 15) is 4.79 Å². The number of hydrogen-bond acceptors (Lipinski definition) is 3. The van der Waals surface area contributed by atoms with Gasteiger partial charge in [0.25, 0.3) is 0 Å². The van der Waals surface area contributed by atoms with Gasteiger partial charge in [-0.05, 0) is 30.9 Å². The van der Waals surface area contributed by atoms with Crippen LogP contribution in [0.5, 0.6) is 0 Å². The van der Waals surface area contributed by atoms with Crippen molar-refractivity contribution in [3.8, 4) is 0 Å². The quantitative estimate of drug-likeness (QED) is 0.841. The number of hydrogen-bond donors (Lipinski definition) is 2. The average Bonchev–Trinajstić information content (AvgIpc) is 2.51. The summed E-state index contributed by atoms with van der Waals surface area (Å²) in [4.78, 5) is 11.9. The number of nitrogens with two attached hydrogens (primary N) is 1. The summed E-state index contributed by atoms with van der Waals surface area (Å²) >= 11 is 1.60. The van der Waals surface area contributed by atoms with Crippen molar-refractivity contribution in [2.24, 2.45) is 5.73 Å². The second kappa shape index (κ2) is 3.88. The number of carboxylic acids is 1. The molecule has 84 valence electrons. The largest absolute Gasteiger partial charge is 0.480 e. The fourth-order valence-corrected chi connectivity index (χ4v) is 3.07.